The topological polar surface area (TPSA) is 67.8 Å². The summed E-state index contributed by atoms with van der Waals surface area (Å²) >= 11 is 9.34. The number of hydrogen-bond acceptors (Lipinski definition) is 5. The summed E-state index contributed by atoms with van der Waals surface area (Å²) in [6.07, 6.45) is 0. The molecular formula is C23H22ClF2NO4S. The fourth-order valence-corrected chi connectivity index (χ4v) is 3.16. The van der Waals surface area contributed by atoms with Crippen LogP contribution in [0, 0.1) is 11.6 Å². The van der Waals surface area contributed by atoms with Crippen LogP contribution in [0.1, 0.15) is 5.56 Å². The van der Waals surface area contributed by atoms with Crippen LogP contribution < -0.4 is 14.8 Å². The number of carboxylic acid groups (broad SMARTS) is 1. The van der Waals surface area contributed by atoms with Gasteiger partial charge in [-0.25, -0.2) is 13.6 Å². The second-order valence-corrected chi connectivity index (χ2v) is 7.44. The zero-order chi connectivity index (χ0) is 23.7. The van der Waals surface area contributed by atoms with Gasteiger partial charge in [0.05, 0.1) is 12.1 Å². The number of benzene rings is 3. The molecule has 0 atom stereocenters. The molecule has 0 unspecified atom stereocenters. The van der Waals surface area contributed by atoms with Gasteiger partial charge in [-0.3, -0.25) is 0 Å². The molecule has 0 radical (unpaired) electrons. The third-order valence-electron chi connectivity index (χ3n) is 4.10. The summed E-state index contributed by atoms with van der Waals surface area (Å²) in [6, 6.07) is 13.9. The van der Waals surface area contributed by atoms with E-state index in [-0.39, 0.29) is 5.02 Å². The smallest absolute Gasteiger partial charge is 0.341 e. The Morgan fingerprint density at radius 2 is 1.88 bits per heavy atom. The van der Waals surface area contributed by atoms with Crippen LogP contribution in [0.2, 0.25) is 5.02 Å². The number of aliphatic carboxylic acids is 1. The lowest BCUT2D eigenvalue weighted by Crippen LogP contribution is -2.10. The maximum atomic E-state index is 13.8. The highest BCUT2D eigenvalue weighted by atomic mass is 35.5. The lowest BCUT2D eigenvalue weighted by atomic mass is 10.0. The molecule has 0 aliphatic heterocycles. The minimum Gasteiger partial charge on any atom is -0.497 e. The van der Waals surface area contributed by atoms with E-state index in [2.05, 4.69) is 17.9 Å². The third-order valence-corrected chi connectivity index (χ3v) is 4.67. The van der Waals surface area contributed by atoms with E-state index < -0.39 is 24.2 Å². The van der Waals surface area contributed by atoms with E-state index >= 15 is 0 Å². The van der Waals surface area contributed by atoms with Crippen molar-refractivity contribution in [3.63, 3.8) is 0 Å². The summed E-state index contributed by atoms with van der Waals surface area (Å²) in [6.45, 7) is 0.156. The van der Waals surface area contributed by atoms with Crippen molar-refractivity contribution in [2.24, 2.45) is 0 Å². The number of ether oxygens (including phenoxy) is 2. The predicted molar refractivity (Wildman–Crippen MR) is 123 cm³/mol. The Kier molecular flexibility index (Phi) is 9.77. The van der Waals surface area contributed by atoms with Crippen LogP contribution in [0.4, 0.5) is 8.78 Å². The fourth-order valence-electron chi connectivity index (χ4n) is 2.70. The van der Waals surface area contributed by atoms with E-state index in [1.807, 2.05) is 19.2 Å². The van der Waals surface area contributed by atoms with Crippen LogP contribution in [-0.4, -0.2) is 31.8 Å². The van der Waals surface area contributed by atoms with Crippen LogP contribution in [0.3, 0.4) is 0 Å². The monoisotopic (exact) mass is 481 g/mol. The van der Waals surface area contributed by atoms with Crippen molar-refractivity contribution in [2.45, 2.75) is 11.4 Å². The van der Waals surface area contributed by atoms with Crippen molar-refractivity contribution in [1.29, 1.82) is 0 Å². The van der Waals surface area contributed by atoms with E-state index in [9.17, 15) is 13.6 Å². The Balaban J connectivity index is 0.000000336. The molecule has 0 bridgehead atoms. The number of thiol groups is 1. The van der Waals surface area contributed by atoms with Gasteiger partial charge in [0, 0.05) is 23.1 Å². The molecular weight excluding hydrogens is 460 g/mol. The van der Waals surface area contributed by atoms with Crippen molar-refractivity contribution < 1.29 is 28.2 Å². The molecule has 0 heterocycles. The first-order valence-corrected chi connectivity index (χ1v) is 10.2. The molecule has 0 saturated carbocycles. The quantitative estimate of drug-likeness (QED) is 0.391. The Bertz CT molecular complexity index is 1080. The van der Waals surface area contributed by atoms with Gasteiger partial charge in [-0.2, -0.15) is 0 Å². The first-order valence-electron chi connectivity index (χ1n) is 9.34. The number of halogens is 3. The molecule has 0 aromatic heterocycles. The summed E-state index contributed by atoms with van der Waals surface area (Å²) in [5.74, 6) is -1.17. The molecule has 0 aliphatic rings. The molecule has 3 aromatic rings. The van der Waals surface area contributed by atoms with Gasteiger partial charge in [-0.05, 0) is 60.6 Å². The highest BCUT2D eigenvalue weighted by molar-refractivity contribution is 7.80. The van der Waals surface area contributed by atoms with Gasteiger partial charge in [0.15, 0.2) is 6.61 Å². The van der Waals surface area contributed by atoms with Gasteiger partial charge in [0.2, 0.25) is 0 Å². The molecule has 0 saturated heterocycles. The lowest BCUT2D eigenvalue weighted by Gasteiger charge is -2.13. The van der Waals surface area contributed by atoms with Crippen molar-refractivity contribution in [2.75, 3.05) is 20.8 Å². The van der Waals surface area contributed by atoms with Crippen molar-refractivity contribution >= 4 is 30.2 Å². The molecule has 2 N–H and O–H groups in total. The maximum Gasteiger partial charge on any atom is 0.341 e. The summed E-state index contributed by atoms with van der Waals surface area (Å²) in [7, 11) is 3.28. The molecule has 170 valence electrons. The van der Waals surface area contributed by atoms with Gasteiger partial charge in [-0.1, -0.05) is 17.7 Å². The Hall–Kier alpha value is -2.81. The Morgan fingerprint density at radius 3 is 2.47 bits per heavy atom. The highest BCUT2D eigenvalue weighted by Crippen LogP contribution is 2.34. The van der Waals surface area contributed by atoms with Crippen LogP contribution >= 0.6 is 24.2 Å². The van der Waals surface area contributed by atoms with Gasteiger partial charge < -0.3 is 19.9 Å². The van der Waals surface area contributed by atoms with Crippen LogP contribution in [0.25, 0.3) is 11.1 Å². The standard InChI is InChI=1S/C17H18FNO4.C6H4ClFS/c1-19-9-11-3-4-16(23-10-17(20)21)15(5-11)12-6-13(18)8-14(7-12)22-2;7-5-3-4(9)1-2-6(5)8/h3-8,19H,9-10H2,1-2H3,(H,20,21);1-3,9H. The molecule has 0 spiro atoms. The zero-order valence-corrected chi connectivity index (χ0v) is 19.0. The molecule has 0 amide bonds. The van der Waals surface area contributed by atoms with Crippen molar-refractivity contribution in [3.8, 4) is 22.6 Å². The molecule has 32 heavy (non-hydrogen) atoms. The van der Waals surface area contributed by atoms with E-state index in [0.717, 1.165) is 5.56 Å². The van der Waals surface area contributed by atoms with Crippen LogP contribution in [-0.2, 0) is 11.3 Å². The first kappa shape index (κ1) is 25.5. The van der Waals surface area contributed by atoms with E-state index in [0.29, 0.717) is 34.1 Å². The molecule has 3 aromatic carbocycles. The van der Waals surface area contributed by atoms with Crippen LogP contribution in [0.15, 0.2) is 59.5 Å². The van der Waals surface area contributed by atoms with E-state index in [1.54, 1.807) is 18.2 Å². The molecule has 0 fully saturated rings. The highest BCUT2D eigenvalue weighted by Gasteiger charge is 2.12. The molecule has 0 aliphatic carbocycles. The van der Waals surface area contributed by atoms with Gasteiger partial charge >= 0.3 is 5.97 Å². The van der Waals surface area contributed by atoms with Gasteiger partial charge in [-0.15, -0.1) is 12.6 Å². The van der Waals surface area contributed by atoms with E-state index in [4.69, 9.17) is 26.2 Å². The zero-order valence-electron chi connectivity index (χ0n) is 17.4. The Morgan fingerprint density at radius 1 is 1.12 bits per heavy atom. The molecule has 5 nitrogen and oxygen atoms in total. The first-order chi connectivity index (χ1) is 15.2. The number of rotatable bonds is 7. The van der Waals surface area contributed by atoms with Crippen molar-refractivity contribution in [1.82, 2.24) is 5.32 Å². The summed E-state index contributed by atoms with van der Waals surface area (Å²) in [4.78, 5) is 11.4. The molecule has 9 heteroatoms. The van der Waals surface area contributed by atoms with Gasteiger partial charge in [0.25, 0.3) is 0 Å². The number of hydrogen-bond donors (Lipinski definition) is 3. The maximum absolute atomic E-state index is 13.8. The lowest BCUT2D eigenvalue weighted by molar-refractivity contribution is -0.139. The SMILES string of the molecule is CNCc1ccc(OCC(=O)O)c(-c2cc(F)cc(OC)c2)c1.Fc1ccc(S)cc1Cl. The average Bonchev–Trinajstić information content (AvgIpc) is 2.75. The largest absolute Gasteiger partial charge is 0.497 e. The third kappa shape index (κ3) is 7.71. The number of methoxy groups -OCH3 is 1. The summed E-state index contributed by atoms with van der Waals surface area (Å²) < 4.78 is 36.5. The Labute approximate surface area is 195 Å². The second kappa shape index (κ2) is 12.3. The number of carboxylic acids is 1. The van der Waals surface area contributed by atoms with E-state index in [1.165, 1.54) is 31.4 Å². The van der Waals surface area contributed by atoms with Crippen LogP contribution in [0.5, 0.6) is 11.5 Å². The number of carbonyl (C=O) groups is 1. The summed E-state index contributed by atoms with van der Waals surface area (Å²) in [5, 5.41) is 11.9. The second-order valence-electron chi connectivity index (χ2n) is 6.52. The fraction of sp³-hybridized carbons (Fsp3) is 0.174. The van der Waals surface area contributed by atoms with Crippen molar-refractivity contribution in [3.05, 3.63) is 76.8 Å². The normalized spacial score (nSPS) is 10.2. The predicted octanol–water partition coefficient (Wildman–Crippen LogP) is 5.45. The number of nitrogens with one attached hydrogen (secondary N) is 1. The minimum absolute atomic E-state index is 0.113. The van der Waals surface area contributed by atoms with Gasteiger partial charge in [0.1, 0.15) is 23.1 Å². The molecule has 3 rings (SSSR count). The minimum atomic E-state index is -1.08. The summed E-state index contributed by atoms with van der Waals surface area (Å²) in [5.41, 5.74) is 2.13. The average molecular weight is 482 g/mol.